The standard InChI is InChI=1S/C32H44N4O4/c1-7-35(23-15-17-24(18-16-23)36(31(38)39)32(3,4)5)28-14-10-13-26-25(28)12-9-8-11-22-19-21(2)34-30(40-6)27(22)20-33-29(26)37/h8-10,13-14,19,23-24H,7,11-12,15-18,20H2,1-6H3,(H,33,37)(H,38,39)/t23-,24-. The monoisotopic (exact) mass is 548 g/mol. The predicted molar refractivity (Wildman–Crippen MR) is 158 cm³/mol. The van der Waals surface area contributed by atoms with Crippen LogP contribution in [0.3, 0.4) is 0 Å². The molecule has 2 aromatic rings. The molecule has 0 bridgehead atoms. The van der Waals surface area contributed by atoms with Crippen molar-refractivity contribution in [3.63, 3.8) is 0 Å². The first-order valence-electron chi connectivity index (χ1n) is 14.4. The third-order valence-corrected chi connectivity index (χ3v) is 8.20. The van der Waals surface area contributed by atoms with Crippen LogP contribution in [0.4, 0.5) is 10.5 Å². The Bertz CT molecular complexity index is 1260. The number of amides is 2. The second-order valence-corrected chi connectivity index (χ2v) is 11.8. The third-order valence-electron chi connectivity index (χ3n) is 8.20. The summed E-state index contributed by atoms with van der Waals surface area (Å²) >= 11 is 0. The Morgan fingerprint density at radius 1 is 1.10 bits per heavy atom. The summed E-state index contributed by atoms with van der Waals surface area (Å²) in [6.45, 7) is 11.2. The Hall–Kier alpha value is -3.55. The van der Waals surface area contributed by atoms with Crippen LogP contribution >= 0.6 is 0 Å². The van der Waals surface area contributed by atoms with Crippen molar-refractivity contribution in [2.45, 2.75) is 97.3 Å². The van der Waals surface area contributed by atoms with E-state index in [9.17, 15) is 14.7 Å². The molecular weight excluding hydrogens is 504 g/mol. The molecule has 2 N–H and O–H groups in total. The van der Waals surface area contributed by atoms with Crippen molar-refractivity contribution in [2.24, 2.45) is 0 Å². The van der Waals surface area contributed by atoms with Crippen molar-refractivity contribution in [3.05, 3.63) is 64.4 Å². The van der Waals surface area contributed by atoms with Crippen LogP contribution < -0.4 is 15.0 Å². The minimum absolute atomic E-state index is 0.0188. The van der Waals surface area contributed by atoms with Crippen LogP contribution in [0.5, 0.6) is 5.88 Å². The Morgan fingerprint density at radius 3 is 2.40 bits per heavy atom. The maximum absolute atomic E-state index is 13.6. The summed E-state index contributed by atoms with van der Waals surface area (Å²) in [7, 11) is 1.61. The molecule has 2 heterocycles. The molecule has 0 atom stereocenters. The highest BCUT2D eigenvalue weighted by atomic mass is 16.5. The molecule has 2 aliphatic rings. The number of hydrogen-bond donors (Lipinski definition) is 2. The number of ether oxygens (including phenoxy) is 1. The normalized spacial score (nSPS) is 19.5. The molecule has 1 saturated carbocycles. The number of allylic oxidation sites excluding steroid dienone is 2. The number of pyridine rings is 1. The summed E-state index contributed by atoms with van der Waals surface area (Å²) in [4.78, 5) is 34.2. The van der Waals surface area contributed by atoms with E-state index in [0.29, 0.717) is 24.4 Å². The van der Waals surface area contributed by atoms with Gasteiger partial charge in [0.2, 0.25) is 5.88 Å². The van der Waals surface area contributed by atoms with E-state index in [4.69, 9.17) is 4.74 Å². The Labute approximate surface area is 238 Å². The van der Waals surface area contributed by atoms with Crippen molar-refractivity contribution >= 4 is 17.7 Å². The van der Waals surface area contributed by atoms with E-state index in [2.05, 4.69) is 46.4 Å². The number of carboxylic acid groups (broad SMARTS) is 1. The topological polar surface area (TPSA) is 95.0 Å². The lowest BCUT2D eigenvalue weighted by Gasteiger charge is -2.45. The molecule has 2 amide bonds. The van der Waals surface area contributed by atoms with Crippen molar-refractivity contribution < 1.29 is 19.4 Å². The minimum Gasteiger partial charge on any atom is -0.481 e. The van der Waals surface area contributed by atoms with Crippen molar-refractivity contribution in [1.29, 1.82) is 0 Å². The number of aromatic nitrogens is 1. The number of methoxy groups -OCH3 is 1. The quantitative estimate of drug-likeness (QED) is 0.452. The largest absolute Gasteiger partial charge is 0.481 e. The fourth-order valence-electron chi connectivity index (χ4n) is 6.47. The summed E-state index contributed by atoms with van der Waals surface area (Å²) in [5.41, 5.74) is 5.25. The Balaban J connectivity index is 1.61. The molecule has 1 fully saturated rings. The second kappa shape index (κ2) is 12.3. The number of nitrogens with zero attached hydrogens (tertiary/aromatic N) is 3. The molecule has 40 heavy (non-hydrogen) atoms. The van der Waals surface area contributed by atoms with Crippen LogP contribution in [-0.4, -0.2) is 58.3 Å². The lowest BCUT2D eigenvalue weighted by Crippen LogP contribution is -2.53. The average molecular weight is 549 g/mol. The molecule has 1 aliphatic heterocycles. The van der Waals surface area contributed by atoms with E-state index in [0.717, 1.165) is 66.7 Å². The summed E-state index contributed by atoms with van der Waals surface area (Å²) in [6.07, 6.45) is 8.34. The molecular formula is C32H44N4O4. The van der Waals surface area contributed by atoms with Gasteiger partial charge in [-0.15, -0.1) is 0 Å². The smallest absolute Gasteiger partial charge is 0.407 e. The maximum atomic E-state index is 13.6. The molecule has 0 unspecified atom stereocenters. The highest BCUT2D eigenvalue weighted by molar-refractivity contribution is 5.97. The van der Waals surface area contributed by atoms with Crippen molar-refractivity contribution in [2.75, 3.05) is 18.6 Å². The van der Waals surface area contributed by atoms with Crippen LogP contribution in [0, 0.1) is 6.92 Å². The average Bonchev–Trinajstić information content (AvgIpc) is 2.93. The summed E-state index contributed by atoms with van der Waals surface area (Å²) in [5.74, 6) is 0.445. The summed E-state index contributed by atoms with van der Waals surface area (Å²) in [5, 5.41) is 13.0. The van der Waals surface area contributed by atoms with Gasteiger partial charge in [0.25, 0.3) is 5.91 Å². The number of hydrogen-bond acceptors (Lipinski definition) is 5. The molecule has 4 rings (SSSR count). The van der Waals surface area contributed by atoms with Crippen LogP contribution in [0.15, 0.2) is 36.4 Å². The number of benzene rings is 1. The third kappa shape index (κ3) is 6.26. The first kappa shape index (κ1) is 29.4. The molecule has 0 saturated heterocycles. The lowest BCUT2D eigenvalue weighted by atomic mass is 9.86. The Morgan fingerprint density at radius 2 is 1.77 bits per heavy atom. The SMILES string of the molecule is CCN(c1cccc2c1CC=CCc1cc(C)nc(OC)c1CNC2=O)[C@H]1CC[C@H](N(C(=O)O)C(C)(C)C)CC1. The van der Waals surface area contributed by atoms with Gasteiger partial charge < -0.3 is 25.0 Å². The van der Waals surface area contributed by atoms with E-state index < -0.39 is 11.6 Å². The Kier molecular flexibility index (Phi) is 9.06. The van der Waals surface area contributed by atoms with Crippen LogP contribution in [-0.2, 0) is 19.4 Å². The zero-order valence-corrected chi connectivity index (χ0v) is 24.8. The van der Waals surface area contributed by atoms with Gasteiger partial charge in [-0.25, -0.2) is 9.78 Å². The van der Waals surface area contributed by atoms with Gasteiger partial charge in [-0.05, 0) is 102 Å². The molecule has 1 aliphatic carbocycles. The molecule has 0 spiro atoms. The van der Waals surface area contributed by atoms with Crippen molar-refractivity contribution in [3.8, 4) is 5.88 Å². The number of carbonyl (C=O) groups is 2. The van der Waals surface area contributed by atoms with Gasteiger partial charge in [-0.1, -0.05) is 18.2 Å². The maximum Gasteiger partial charge on any atom is 0.407 e. The highest BCUT2D eigenvalue weighted by Gasteiger charge is 2.37. The van der Waals surface area contributed by atoms with E-state index in [1.807, 2.05) is 39.8 Å². The van der Waals surface area contributed by atoms with Gasteiger partial charge in [0.05, 0.1) is 7.11 Å². The van der Waals surface area contributed by atoms with E-state index in [1.165, 1.54) is 0 Å². The predicted octanol–water partition coefficient (Wildman–Crippen LogP) is 5.90. The first-order chi connectivity index (χ1) is 19.0. The molecule has 0 radical (unpaired) electrons. The minimum atomic E-state index is -0.848. The van der Waals surface area contributed by atoms with Crippen LogP contribution in [0.1, 0.15) is 86.1 Å². The van der Waals surface area contributed by atoms with Gasteiger partial charge in [0.15, 0.2) is 0 Å². The molecule has 216 valence electrons. The van der Waals surface area contributed by atoms with Crippen LogP contribution in [0.25, 0.3) is 0 Å². The number of carbonyl (C=O) groups excluding carboxylic acids is 1. The van der Waals surface area contributed by atoms with Gasteiger partial charge in [0.1, 0.15) is 0 Å². The number of rotatable bonds is 5. The number of aryl methyl sites for hydroxylation is 1. The number of fused-ring (bicyclic) bond motifs is 2. The van der Waals surface area contributed by atoms with Gasteiger partial charge >= 0.3 is 6.09 Å². The van der Waals surface area contributed by atoms with E-state index in [-0.39, 0.29) is 18.0 Å². The fourth-order valence-corrected chi connectivity index (χ4v) is 6.47. The van der Waals surface area contributed by atoms with Gasteiger partial charge in [0, 0.05) is 53.2 Å². The van der Waals surface area contributed by atoms with Crippen LogP contribution in [0.2, 0.25) is 0 Å². The first-order valence-corrected chi connectivity index (χ1v) is 14.4. The van der Waals surface area contributed by atoms with E-state index in [1.54, 1.807) is 12.0 Å². The number of anilines is 1. The fraction of sp³-hybridized carbons (Fsp3) is 0.531. The van der Waals surface area contributed by atoms with E-state index >= 15 is 0 Å². The lowest BCUT2D eigenvalue weighted by molar-refractivity contribution is 0.0545. The highest BCUT2D eigenvalue weighted by Crippen LogP contribution is 2.35. The molecule has 1 aromatic carbocycles. The molecule has 8 heteroatoms. The second-order valence-electron chi connectivity index (χ2n) is 11.8. The summed E-state index contributed by atoms with van der Waals surface area (Å²) < 4.78 is 5.56. The van der Waals surface area contributed by atoms with Gasteiger partial charge in [-0.3, -0.25) is 4.79 Å². The molecule has 8 nitrogen and oxygen atoms in total. The van der Waals surface area contributed by atoms with Gasteiger partial charge in [-0.2, -0.15) is 0 Å². The number of nitrogens with one attached hydrogen (secondary N) is 1. The zero-order chi connectivity index (χ0) is 29.0. The zero-order valence-electron chi connectivity index (χ0n) is 24.8. The molecule has 1 aromatic heterocycles. The summed E-state index contributed by atoms with van der Waals surface area (Å²) in [6, 6.07) is 8.37. The van der Waals surface area contributed by atoms with Crippen molar-refractivity contribution in [1.82, 2.24) is 15.2 Å².